The number of rotatable bonds is 3. The lowest BCUT2D eigenvalue weighted by Gasteiger charge is -1.98. The van der Waals surface area contributed by atoms with Gasteiger partial charge in [-0.3, -0.25) is 0 Å². The van der Waals surface area contributed by atoms with E-state index in [1.54, 1.807) is 6.07 Å². The molecule has 13 heavy (non-hydrogen) atoms. The van der Waals surface area contributed by atoms with Crippen LogP contribution in [0.2, 0.25) is 5.02 Å². The van der Waals surface area contributed by atoms with Gasteiger partial charge in [0.05, 0.1) is 5.02 Å². The quantitative estimate of drug-likeness (QED) is 0.790. The monoisotopic (exact) mass is 216 g/mol. The van der Waals surface area contributed by atoms with Crippen LogP contribution in [0.25, 0.3) is 6.08 Å². The standard InChI is InChI=1S/C9H10Cl2N2/c10-4-2-1-3-7-5-8(11)6-13-9(7)12/h1,3,5-6H,2,4H2,(H2,12,13)/b3-1+. The number of nitrogens with zero attached hydrogens (tertiary/aromatic N) is 1. The van der Waals surface area contributed by atoms with Crippen molar-refractivity contribution in [3.8, 4) is 0 Å². The molecule has 0 radical (unpaired) electrons. The van der Waals surface area contributed by atoms with Gasteiger partial charge in [-0.1, -0.05) is 23.8 Å². The number of anilines is 1. The van der Waals surface area contributed by atoms with Crippen molar-refractivity contribution < 1.29 is 0 Å². The van der Waals surface area contributed by atoms with Crippen LogP contribution >= 0.6 is 23.2 Å². The van der Waals surface area contributed by atoms with Gasteiger partial charge in [-0.25, -0.2) is 4.98 Å². The Kier molecular flexibility index (Phi) is 4.06. The molecule has 4 heteroatoms. The molecule has 0 aliphatic carbocycles. The minimum Gasteiger partial charge on any atom is -0.383 e. The molecule has 0 amide bonds. The van der Waals surface area contributed by atoms with E-state index in [0.717, 1.165) is 12.0 Å². The van der Waals surface area contributed by atoms with Crippen molar-refractivity contribution in [2.45, 2.75) is 6.42 Å². The minimum atomic E-state index is 0.482. The van der Waals surface area contributed by atoms with E-state index < -0.39 is 0 Å². The van der Waals surface area contributed by atoms with Crippen LogP contribution in [0.15, 0.2) is 18.3 Å². The number of nitrogens with two attached hydrogens (primary N) is 1. The molecule has 0 fully saturated rings. The van der Waals surface area contributed by atoms with Gasteiger partial charge in [0.2, 0.25) is 0 Å². The third-order valence-electron chi connectivity index (χ3n) is 1.49. The lowest BCUT2D eigenvalue weighted by molar-refractivity contribution is 1.24. The van der Waals surface area contributed by atoms with Crippen molar-refractivity contribution >= 4 is 35.1 Å². The number of alkyl halides is 1. The molecule has 0 aromatic carbocycles. The van der Waals surface area contributed by atoms with Crippen LogP contribution in [0.5, 0.6) is 0 Å². The molecular weight excluding hydrogens is 207 g/mol. The number of nitrogen functional groups attached to an aromatic ring is 1. The summed E-state index contributed by atoms with van der Waals surface area (Å²) < 4.78 is 0. The van der Waals surface area contributed by atoms with Crippen LogP contribution in [0.4, 0.5) is 5.82 Å². The Bertz CT molecular complexity index is 310. The molecule has 0 atom stereocenters. The molecule has 1 aromatic heterocycles. The van der Waals surface area contributed by atoms with Gasteiger partial charge in [0.15, 0.2) is 0 Å². The first-order valence-electron chi connectivity index (χ1n) is 3.87. The van der Waals surface area contributed by atoms with Gasteiger partial charge < -0.3 is 5.73 Å². The lowest BCUT2D eigenvalue weighted by Crippen LogP contribution is -1.92. The zero-order chi connectivity index (χ0) is 9.68. The molecule has 1 rings (SSSR count). The summed E-state index contributed by atoms with van der Waals surface area (Å²) in [4.78, 5) is 3.92. The third kappa shape index (κ3) is 3.25. The lowest BCUT2D eigenvalue weighted by atomic mass is 10.2. The summed E-state index contributed by atoms with van der Waals surface area (Å²) in [5, 5.41) is 0.583. The van der Waals surface area contributed by atoms with Crippen molar-refractivity contribution in [2.75, 3.05) is 11.6 Å². The summed E-state index contributed by atoms with van der Waals surface area (Å²) in [5.74, 6) is 1.08. The van der Waals surface area contributed by atoms with Crippen LogP contribution in [0.1, 0.15) is 12.0 Å². The van der Waals surface area contributed by atoms with E-state index in [0.29, 0.717) is 16.7 Å². The first-order valence-corrected chi connectivity index (χ1v) is 4.79. The average Bonchev–Trinajstić information content (AvgIpc) is 2.11. The fourth-order valence-corrected chi connectivity index (χ4v) is 1.16. The van der Waals surface area contributed by atoms with E-state index in [2.05, 4.69) is 4.98 Å². The third-order valence-corrected chi connectivity index (χ3v) is 1.91. The van der Waals surface area contributed by atoms with Crippen LogP contribution in [-0.4, -0.2) is 10.9 Å². The van der Waals surface area contributed by atoms with Crippen molar-refractivity contribution in [2.24, 2.45) is 0 Å². The smallest absolute Gasteiger partial charge is 0.130 e. The highest BCUT2D eigenvalue weighted by atomic mass is 35.5. The molecule has 1 heterocycles. The molecule has 70 valence electrons. The highest BCUT2D eigenvalue weighted by Gasteiger charge is 1.96. The number of hydrogen-bond donors (Lipinski definition) is 1. The maximum atomic E-state index is 5.75. The Hall–Kier alpha value is -0.730. The van der Waals surface area contributed by atoms with Gasteiger partial charge >= 0.3 is 0 Å². The Morgan fingerprint density at radius 2 is 2.31 bits per heavy atom. The predicted octanol–water partition coefficient (Wildman–Crippen LogP) is 2.96. The van der Waals surface area contributed by atoms with Gasteiger partial charge in [0, 0.05) is 17.6 Å². The number of hydrogen-bond acceptors (Lipinski definition) is 2. The van der Waals surface area contributed by atoms with E-state index in [1.807, 2.05) is 12.2 Å². The highest BCUT2D eigenvalue weighted by molar-refractivity contribution is 6.30. The zero-order valence-corrected chi connectivity index (χ0v) is 8.52. The molecule has 0 saturated heterocycles. The maximum Gasteiger partial charge on any atom is 0.130 e. The van der Waals surface area contributed by atoms with E-state index in [-0.39, 0.29) is 0 Å². The summed E-state index contributed by atoms with van der Waals surface area (Å²) in [7, 11) is 0. The molecule has 0 spiro atoms. The normalized spacial score (nSPS) is 10.9. The molecule has 0 aliphatic heterocycles. The second-order valence-corrected chi connectivity index (χ2v) is 3.32. The fourth-order valence-electron chi connectivity index (χ4n) is 0.872. The summed E-state index contributed by atoms with van der Waals surface area (Å²) >= 11 is 11.3. The second kappa shape index (κ2) is 5.10. The maximum absolute atomic E-state index is 5.75. The average molecular weight is 217 g/mol. The number of halogens is 2. The topological polar surface area (TPSA) is 38.9 Å². The number of allylic oxidation sites excluding steroid dienone is 1. The zero-order valence-electron chi connectivity index (χ0n) is 7.00. The predicted molar refractivity (Wildman–Crippen MR) is 58.0 cm³/mol. The van der Waals surface area contributed by atoms with Gasteiger partial charge in [-0.2, -0.15) is 0 Å². The summed E-state index contributed by atoms with van der Waals surface area (Å²) in [6.07, 6.45) is 6.15. The highest BCUT2D eigenvalue weighted by Crippen LogP contribution is 2.16. The number of pyridine rings is 1. The first-order chi connectivity index (χ1) is 6.24. The summed E-state index contributed by atoms with van der Waals surface area (Å²) in [6, 6.07) is 1.77. The molecule has 0 aliphatic rings. The molecule has 1 aromatic rings. The van der Waals surface area contributed by atoms with Gasteiger partial charge in [-0.05, 0) is 12.5 Å². The van der Waals surface area contributed by atoms with Gasteiger partial charge in [-0.15, -0.1) is 11.6 Å². The molecule has 0 bridgehead atoms. The van der Waals surface area contributed by atoms with Crippen molar-refractivity contribution in [3.63, 3.8) is 0 Å². The largest absolute Gasteiger partial charge is 0.383 e. The molecule has 2 nitrogen and oxygen atoms in total. The molecular formula is C9H10Cl2N2. The van der Waals surface area contributed by atoms with E-state index >= 15 is 0 Å². The molecule has 0 unspecified atom stereocenters. The fraction of sp³-hybridized carbons (Fsp3) is 0.222. The second-order valence-electron chi connectivity index (χ2n) is 2.51. The minimum absolute atomic E-state index is 0.482. The molecule has 2 N–H and O–H groups in total. The van der Waals surface area contributed by atoms with Gasteiger partial charge in [0.25, 0.3) is 0 Å². The summed E-state index contributed by atoms with van der Waals surface area (Å²) in [6.45, 7) is 0. The van der Waals surface area contributed by atoms with Crippen molar-refractivity contribution in [1.29, 1.82) is 0 Å². The van der Waals surface area contributed by atoms with Crippen LogP contribution in [-0.2, 0) is 0 Å². The number of aromatic nitrogens is 1. The Morgan fingerprint density at radius 3 is 3.00 bits per heavy atom. The van der Waals surface area contributed by atoms with Crippen molar-refractivity contribution in [3.05, 3.63) is 28.9 Å². The summed E-state index contributed by atoms with van der Waals surface area (Å²) in [5.41, 5.74) is 6.45. The van der Waals surface area contributed by atoms with E-state index in [9.17, 15) is 0 Å². The van der Waals surface area contributed by atoms with Crippen LogP contribution < -0.4 is 5.73 Å². The van der Waals surface area contributed by atoms with E-state index in [1.165, 1.54) is 6.20 Å². The van der Waals surface area contributed by atoms with Crippen molar-refractivity contribution in [1.82, 2.24) is 4.98 Å². The van der Waals surface area contributed by atoms with Crippen LogP contribution in [0, 0.1) is 0 Å². The van der Waals surface area contributed by atoms with E-state index in [4.69, 9.17) is 28.9 Å². The SMILES string of the molecule is Nc1ncc(Cl)cc1/C=C/CCCl. The molecule has 0 saturated carbocycles. The Morgan fingerprint density at radius 1 is 1.54 bits per heavy atom. The Labute approximate surface area is 87.4 Å². The Balaban J connectivity index is 2.81. The van der Waals surface area contributed by atoms with Crippen LogP contribution in [0.3, 0.4) is 0 Å². The van der Waals surface area contributed by atoms with Gasteiger partial charge in [0.1, 0.15) is 5.82 Å². The first kappa shape index (κ1) is 10.4.